The number of rotatable bonds is 5. The smallest absolute Gasteiger partial charge is 0.343 e. The topological polar surface area (TPSA) is 67.5 Å². The van der Waals surface area contributed by atoms with Gasteiger partial charge in [-0.1, -0.05) is 25.5 Å². The van der Waals surface area contributed by atoms with E-state index in [0.717, 1.165) is 6.42 Å². The fourth-order valence-corrected chi connectivity index (χ4v) is 2.55. The summed E-state index contributed by atoms with van der Waals surface area (Å²) in [7, 11) is 0. The Morgan fingerprint density at radius 1 is 1.35 bits per heavy atom. The van der Waals surface area contributed by atoms with E-state index < -0.39 is 5.63 Å². The van der Waals surface area contributed by atoms with E-state index in [2.05, 4.69) is 0 Å². The molecule has 0 saturated carbocycles. The summed E-state index contributed by atoms with van der Waals surface area (Å²) < 4.78 is 5.26. The molecular formula is C16H18O4. The molecule has 0 fully saturated rings. The van der Waals surface area contributed by atoms with Gasteiger partial charge in [0.05, 0.1) is 10.9 Å². The highest BCUT2D eigenvalue weighted by atomic mass is 16.4. The molecule has 0 unspecified atom stereocenters. The number of hydrogen-bond donors (Lipinski definition) is 1. The molecule has 1 aromatic carbocycles. The normalized spacial score (nSPS) is 12.5. The van der Waals surface area contributed by atoms with Crippen molar-refractivity contribution in [2.24, 2.45) is 0 Å². The fraction of sp³-hybridized carbons (Fsp3) is 0.375. The van der Waals surface area contributed by atoms with Crippen molar-refractivity contribution < 1.29 is 14.3 Å². The molecule has 4 heteroatoms. The van der Waals surface area contributed by atoms with E-state index in [4.69, 9.17) is 4.42 Å². The molecule has 0 saturated heterocycles. The van der Waals surface area contributed by atoms with E-state index in [1.807, 2.05) is 6.92 Å². The fourth-order valence-electron chi connectivity index (χ4n) is 2.55. The first-order chi connectivity index (χ1) is 9.54. The van der Waals surface area contributed by atoms with Crippen molar-refractivity contribution in [3.05, 3.63) is 40.2 Å². The van der Waals surface area contributed by atoms with Gasteiger partial charge in [0.2, 0.25) is 0 Å². The van der Waals surface area contributed by atoms with Gasteiger partial charge in [0, 0.05) is 12.3 Å². The van der Waals surface area contributed by atoms with Crippen LogP contribution in [0.25, 0.3) is 11.0 Å². The second-order valence-electron chi connectivity index (χ2n) is 5.04. The number of aromatic hydroxyl groups is 1. The van der Waals surface area contributed by atoms with Gasteiger partial charge in [-0.05, 0) is 25.5 Å². The lowest BCUT2D eigenvalue weighted by molar-refractivity contribution is -0.117. The predicted octanol–water partition coefficient (Wildman–Crippen LogP) is 3.36. The first-order valence-corrected chi connectivity index (χ1v) is 6.78. The Morgan fingerprint density at radius 2 is 2.05 bits per heavy atom. The number of Topliss-reactive ketones (excluding diaryl/α,β-unsaturated/α-hetero) is 1. The maximum Gasteiger partial charge on any atom is 0.343 e. The van der Waals surface area contributed by atoms with Gasteiger partial charge in [-0.3, -0.25) is 0 Å². The van der Waals surface area contributed by atoms with Crippen molar-refractivity contribution in [2.45, 2.75) is 39.0 Å². The van der Waals surface area contributed by atoms with E-state index >= 15 is 0 Å². The minimum Gasteiger partial charge on any atom is -0.507 e. The van der Waals surface area contributed by atoms with E-state index in [1.165, 1.54) is 6.92 Å². The van der Waals surface area contributed by atoms with Crippen molar-refractivity contribution in [2.75, 3.05) is 0 Å². The van der Waals surface area contributed by atoms with Gasteiger partial charge < -0.3 is 14.3 Å². The summed E-state index contributed by atoms with van der Waals surface area (Å²) in [6.45, 7) is 3.47. The molecule has 1 aromatic heterocycles. The Balaban J connectivity index is 2.62. The molecule has 1 heterocycles. The molecule has 1 atom stereocenters. The summed E-state index contributed by atoms with van der Waals surface area (Å²) in [5.41, 5.74) is 0.0264. The largest absolute Gasteiger partial charge is 0.507 e. The van der Waals surface area contributed by atoms with Crippen LogP contribution in [0, 0.1) is 0 Å². The van der Waals surface area contributed by atoms with Crippen LogP contribution >= 0.6 is 0 Å². The zero-order valence-corrected chi connectivity index (χ0v) is 11.7. The summed E-state index contributed by atoms with van der Waals surface area (Å²) in [5, 5.41) is 10.9. The lowest BCUT2D eigenvalue weighted by Gasteiger charge is -2.15. The minimum atomic E-state index is -0.555. The van der Waals surface area contributed by atoms with Crippen LogP contribution in [-0.2, 0) is 4.79 Å². The lowest BCUT2D eigenvalue weighted by Crippen LogP contribution is -2.15. The van der Waals surface area contributed by atoms with Crippen molar-refractivity contribution >= 4 is 16.8 Å². The van der Waals surface area contributed by atoms with Gasteiger partial charge in [0.15, 0.2) is 0 Å². The third kappa shape index (κ3) is 2.74. The molecule has 2 rings (SSSR count). The van der Waals surface area contributed by atoms with Crippen LogP contribution < -0.4 is 5.63 Å². The van der Waals surface area contributed by atoms with Crippen LogP contribution in [0.4, 0.5) is 0 Å². The average molecular weight is 274 g/mol. The molecular weight excluding hydrogens is 256 g/mol. The second kappa shape index (κ2) is 5.90. The third-order valence-electron chi connectivity index (χ3n) is 3.40. The Kier molecular flexibility index (Phi) is 4.23. The molecule has 1 N–H and O–H groups in total. The lowest BCUT2D eigenvalue weighted by atomic mass is 9.90. The number of fused-ring (bicyclic) bond motifs is 1. The molecule has 0 aliphatic rings. The molecule has 0 spiro atoms. The summed E-state index contributed by atoms with van der Waals surface area (Å²) in [6, 6.07) is 6.85. The summed E-state index contributed by atoms with van der Waals surface area (Å²) in [5.74, 6) is -0.356. The number of ketones is 1. The zero-order chi connectivity index (χ0) is 14.7. The maximum absolute atomic E-state index is 12.1. The minimum absolute atomic E-state index is 0.00425. The number of para-hydroxylation sites is 1. The van der Waals surface area contributed by atoms with E-state index in [1.54, 1.807) is 24.3 Å². The molecule has 0 radical (unpaired) electrons. The van der Waals surface area contributed by atoms with Gasteiger partial charge in [-0.25, -0.2) is 4.79 Å². The molecule has 106 valence electrons. The van der Waals surface area contributed by atoms with Gasteiger partial charge in [-0.15, -0.1) is 0 Å². The first-order valence-electron chi connectivity index (χ1n) is 6.78. The van der Waals surface area contributed by atoms with Crippen molar-refractivity contribution in [3.8, 4) is 5.75 Å². The van der Waals surface area contributed by atoms with Crippen LogP contribution in [0.15, 0.2) is 33.5 Å². The van der Waals surface area contributed by atoms with Crippen molar-refractivity contribution in [1.82, 2.24) is 0 Å². The number of carbonyl (C=O) groups excluding carboxylic acids is 1. The highest BCUT2D eigenvalue weighted by Gasteiger charge is 2.23. The van der Waals surface area contributed by atoms with Gasteiger partial charge in [-0.2, -0.15) is 0 Å². The van der Waals surface area contributed by atoms with Crippen LogP contribution in [0.3, 0.4) is 0 Å². The van der Waals surface area contributed by atoms with Gasteiger partial charge in [0.25, 0.3) is 0 Å². The Hall–Kier alpha value is -2.10. The monoisotopic (exact) mass is 274 g/mol. The van der Waals surface area contributed by atoms with Crippen LogP contribution in [0.5, 0.6) is 5.75 Å². The Labute approximate surface area is 117 Å². The molecule has 0 aliphatic carbocycles. The second-order valence-corrected chi connectivity index (χ2v) is 5.04. The summed E-state index contributed by atoms with van der Waals surface area (Å²) in [4.78, 5) is 23.5. The third-order valence-corrected chi connectivity index (χ3v) is 3.40. The van der Waals surface area contributed by atoms with Crippen molar-refractivity contribution in [1.29, 1.82) is 0 Å². The standard InChI is InChI=1S/C16H18O4/c1-3-6-11(9-10(2)17)14-15(18)12-7-4-5-8-13(12)20-16(14)19/h4-5,7-8,11,18H,3,6,9H2,1-2H3/t11-/m0/s1. The highest BCUT2D eigenvalue weighted by molar-refractivity contribution is 5.84. The average Bonchev–Trinajstić information content (AvgIpc) is 2.38. The van der Waals surface area contributed by atoms with Crippen molar-refractivity contribution in [3.63, 3.8) is 0 Å². The van der Waals surface area contributed by atoms with E-state index in [9.17, 15) is 14.7 Å². The zero-order valence-electron chi connectivity index (χ0n) is 11.7. The quantitative estimate of drug-likeness (QED) is 0.849. The number of benzene rings is 1. The van der Waals surface area contributed by atoms with Crippen LogP contribution in [0.2, 0.25) is 0 Å². The van der Waals surface area contributed by atoms with Crippen LogP contribution in [0.1, 0.15) is 44.6 Å². The van der Waals surface area contributed by atoms with Gasteiger partial charge in [0.1, 0.15) is 17.1 Å². The molecule has 0 amide bonds. The summed E-state index contributed by atoms with van der Waals surface area (Å²) in [6.07, 6.45) is 1.73. The SMILES string of the molecule is CCC[C@@H](CC(C)=O)c1c(O)c2ccccc2oc1=O. The molecule has 0 bridgehead atoms. The molecule has 0 aliphatic heterocycles. The van der Waals surface area contributed by atoms with Crippen LogP contribution in [-0.4, -0.2) is 10.9 Å². The number of hydrogen-bond acceptors (Lipinski definition) is 4. The highest BCUT2D eigenvalue weighted by Crippen LogP contribution is 2.34. The Bertz CT molecular complexity index is 684. The molecule has 4 nitrogen and oxygen atoms in total. The molecule has 2 aromatic rings. The first kappa shape index (κ1) is 14.3. The maximum atomic E-state index is 12.1. The van der Waals surface area contributed by atoms with Gasteiger partial charge >= 0.3 is 5.63 Å². The number of carbonyl (C=O) groups is 1. The van der Waals surface area contributed by atoms with E-state index in [0.29, 0.717) is 17.4 Å². The van der Waals surface area contributed by atoms with E-state index in [-0.39, 0.29) is 29.4 Å². The summed E-state index contributed by atoms with van der Waals surface area (Å²) >= 11 is 0. The Morgan fingerprint density at radius 3 is 2.70 bits per heavy atom. The predicted molar refractivity (Wildman–Crippen MR) is 77.1 cm³/mol. The molecule has 20 heavy (non-hydrogen) atoms.